The molecule has 0 aliphatic rings. The summed E-state index contributed by atoms with van der Waals surface area (Å²) in [5.74, 6) is -0.0457. The molecule has 0 unspecified atom stereocenters. The maximum Gasteiger partial charge on any atom is 0.292 e. The number of carbonyl (C=O) groups excluding carboxylic acids is 1. The number of amides is 1. The van der Waals surface area contributed by atoms with Gasteiger partial charge in [0.1, 0.15) is 15.6 Å². The number of nitrogens with two attached hydrogens (primary N) is 2. The summed E-state index contributed by atoms with van der Waals surface area (Å²) in [7, 11) is 0. The fourth-order valence-corrected chi connectivity index (χ4v) is 2.96. The van der Waals surface area contributed by atoms with E-state index in [1.54, 1.807) is 6.92 Å². The van der Waals surface area contributed by atoms with Crippen LogP contribution in [0.4, 0.5) is 0 Å². The molecule has 0 aliphatic carbocycles. The number of hydrogen-bond donors (Lipinski definition) is 3. The minimum atomic E-state index is -0.493. The molecule has 1 heterocycles. The molecule has 0 spiro atoms. The number of nitrogens with zero attached hydrogens (tertiary/aromatic N) is 2. The second-order valence-corrected chi connectivity index (χ2v) is 6.08. The van der Waals surface area contributed by atoms with Crippen LogP contribution in [0, 0.1) is 6.92 Å². The van der Waals surface area contributed by atoms with Gasteiger partial charge in [-0.1, -0.05) is 12.1 Å². The summed E-state index contributed by atoms with van der Waals surface area (Å²) in [5.41, 5.74) is 11.9. The van der Waals surface area contributed by atoms with E-state index >= 15 is 0 Å². The first-order chi connectivity index (χ1) is 11.5. The fourth-order valence-electron chi connectivity index (χ4n) is 2.01. The molecule has 0 bridgehead atoms. The van der Waals surface area contributed by atoms with Gasteiger partial charge in [0, 0.05) is 12.2 Å². The lowest BCUT2D eigenvalue weighted by Crippen LogP contribution is -2.24. The number of hydrogen-bond acceptors (Lipinski definition) is 5. The van der Waals surface area contributed by atoms with E-state index in [1.807, 2.05) is 24.3 Å². The van der Waals surface area contributed by atoms with Crippen LogP contribution in [-0.2, 0) is 0 Å². The summed E-state index contributed by atoms with van der Waals surface area (Å²) < 4.78 is 5.65. The molecule has 2 rings (SSSR count). The van der Waals surface area contributed by atoms with Crippen LogP contribution in [0.3, 0.4) is 0 Å². The number of rotatable bonds is 7. The number of benzene rings is 1. The van der Waals surface area contributed by atoms with Gasteiger partial charge in [0.25, 0.3) is 5.91 Å². The highest BCUT2D eigenvalue weighted by Gasteiger charge is 2.16. The smallest absolute Gasteiger partial charge is 0.292 e. The number of aliphatic hydroxyl groups is 1. The Morgan fingerprint density at radius 1 is 1.38 bits per heavy atom. The number of unbranched alkanes of at least 4 members (excludes halogenated alkanes) is 1. The number of aliphatic hydroxyl groups excluding tert-OH is 1. The van der Waals surface area contributed by atoms with Crippen molar-refractivity contribution in [1.82, 2.24) is 4.98 Å². The number of ether oxygens (including phenoxy) is 1. The standard InChI is InChI=1S/C16H20N4O3S/c1-10-13(14(22)20-16(17)18)24-15(19-10)11-5-4-6-12(9-11)23-8-3-2-7-21/h4-6,9,21H,2-3,7-8H2,1H3,(H4,17,18,20,22). The molecular formula is C16H20N4O3S. The third kappa shape index (κ3) is 4.77. The van der Waals surface area contributed by atoms with Gasteiger partial charge < -0.3 is 21.3 Å². The summed E-state index contributed by atoms with van der Waals surface area (Å²) in [6.07, 6.45) is 1.50. The third-order valence-electron chi connectivity index (χ3n) is 3.12. The summed E-state index contributed by atoms with van der Waals surface area (Å²) >= 11 is 1.24. The lowest BCUT2D eigenvalue weighted by atomic mass is 10.2. The quantitative estimate of drug-likeness (QED) is 0.397. The number of aromatic nitrogens is 1. The molecule has 0 aliphatic heterocycles. The first-order valence-electron chi connectivity index (χ1n) is 7.46. The Morgan fingerprint density at radius 3 is 2.88 bits per heavy atom. The Kier molecular flexibility index (Phi) is 6.28. The predicted molar refractivity (Wildman–Crippen MR) is 94.2 cm³/mol. The van der Waals surface area contributed by atoms with Crippen LogP contribution in [0.1, 0.15) is 28.2 Å². The molecule has 24 heavy (non-hydrogen) atoms. The number of thiazole rings is 1. The zero-order chi connectivity index (χ0) is 17.5. The van der Waals surface area contributed by atoms with Crippen LogP contribution in [0.25, 0.3) is 10.6 Å². The van der Waals surface area contributed by atoms with Gasteiger partial charge >= 0.3 is 0 Å². The van der Waals surface area contributed by atoms with Gasteiger partial charge in [0.2, 0.25) is 0 Å². The molecule has 0 atom stereocenters. The molecule has 0 fully saturated rings. The summed E-state index contributed by atoms with van der Waals surface area (Å²) in [6.45, 7) is 2.44. The highest BCUT2D eigenvalue weighted by molar-refractivity contribution is 7.17. The largest absolute Gasteiger partial charge is 0.494 e. The molecule has 0 saturated carbocycles. The first-order valence-corrected chi connectivity index (χ1v) is 8.28. The summed E-state index contributed by atoms with van der Waals surface area (Å²) in [5, 5.41) is 9.47. The molecule has 0 radical (unpaired) electrons. The lowest BCUT2D eigenvalue weighted by molar-refractivity contribution is 0.101. The number of aliphatic imine (C=N–C) groups is 1. The first kappa shape index (κ1) is 17.9. The molecule has 7 nitrogen and oxygen atoms in total. The highest BCUT2D eigenvalue weighted by Crippen LogP contribution is 2.30. The molecule has 0 saturated heterocycles. The van der Waals surface area contributed by atoms with Crippen LogP contribution < -0.4 is 16.2 Å². The van der Waals surface area contributed by atoms with Gasteiger partial charge in [-0.3, -0.25) is 4.79 Å². The summed E-state index contributed by atoms with van der Waals surface area (Å²) in [4.78, 5) is 20.3. The Balaban J connectivity index is 2.17. The Hall–Kier alpha value is -2.45. The molecule has 5 N–H and O–H groups in total. The molecule has 2 aromatic rings. The molecule has 1 aromatic carbocycles. The molecule has 128 valence electrons. The zero-order valence-electron chi connectivity index (χ0n) is 13.4. The van der Waals surface area contributed by atoms with Crippen molar-refractivity contribution in [1.29, 1.82) is 0 Å². The Morgan fingerprint density at radius 2 is 2.17 bits per heavy atom. The van der Waals surface area contributed by atoms with E-state index in [2.05, 4.69) is 9.98 Å². The maximum atomic E-state index is 12.0. The second-order valence-electron chi connectivity index (χ2n) is 5.08. The van der Waals surface area contributed by atoms with Crippen molar-refractivity contribution < 1.29 is 14.6 Å². The second kappa shape index (κ2) is 8.42. The monoisotopic (exact) mass is 348 g/mol. The van der Waals surface area contributed by atoms with Crippen molar-refractivity contribution in [3.63, 3.8) is 0 Å². The van der Waals surface area contributed by atoms with Crippen molar-refractivity contribution in [2.24, 2.45) is 16.5 Å². The van der Waals surface area contributed by atoms with Crippen molar-refractivity contribution in [2.75, 3.05) is 13.2 Å². The van der Waals surface area contributed by atoms with E-state index in [9.17, 15) is 4.79 Å². The van der Waals surface area contributed by atoms with Gasteiger partial charge in [0.05, 0.1) is 12.3 Å². The summed E-state index contributed by atoms with van der Waals surface area (Å²) in [6, 6.07) is 7.49. The van der Waals surface area contributed by atoms with E-state index in [4.69, 9.17) is 21.3 Å². The Bertz CT molecular complexity index is 739. The van der Waals surface area contributed by atoms with Gasteiger partial charge in [-0.05, 0) is 31.9 Å². The Labute approximate surface area is 144 Å². The van der Waals surface area contributed by atoms with Crippen LogP contribution in [0.15, 0.2) is 29.3 Å². The average Bonchev–Trinajstić information content (AvgIpc) is 2.93. The van der Waals surface area contributed by atoms with Gasteiger partial charge in [0.15, 0.2) is 5.96 Å². The SMILES string of the molecule is Cc1nc(-c2cccc(OCCCCO)c2)sc1C(=O)N=C(N)N. The molecule has 1 aromatic heterocycles. The minimum Gasteiger partial charge on any atom is -0.494 e. The molecule has 1 amide bonds. The zero-order valence-corrected chi connectivity index (χ0v) is 14.2. The van der Waals surface area contributed by atoms with E-state index in [0.717, 1.165) is 17.7 Å². The van der Waals surface area contributed by atoms with Crippen molar-refractivity contribution in [3.8, 4) is 16.3 Å². The van der Waals surface area contributed by atoms with E-state index < -0.39 is 5.91 Å². The van der Waals surface area contributed by atoms with Crippen LogP contribution >= 0.6 is 11.3 Å². The molecule has 8 heteroatoms. The van der Waals surface area contributed by atoms with Crippen LogP contribution in [0.2, 0.25) is 0 Å². The predicted octanol–water partition coefficient (Wildman–Crippen LogP) is 1.68. The number of carbonyl (C=O) groups is 1. The van der Waals surface area contributed by atoms with Crippen molar-refractivity contribution >= 4 is 23.2 Å². The van der Waals surface area contributed by atoms with E-state index in [0.29, 0.717) is 28.6 Å². The van der Waals surface area contributed by atoms with Gasteiger partial charge in [-0.2, -0.15) is 4.99 Å². The van der Waals surface area contributed by atoms with E-state index in [1.165, 1.54) is 11.3 Å². The fraction of sp³-hybridized carbons (Fsp3) is 0.312. The molecular weight excluding hydrogens is 328 g/mol. The lowest BCUT2D eigenvalue weighted by Gasteiger charge is -2.06. The van der Waals surface area contributed by atoms with Crippen LogP contribution in [-0.4, -0.2) is 35.2 Å². The number of aryl methyl sites for hydroxylation is 1. The topological polar surface area (TPSA) is 124 Å². The third-order valence-corrected chi connectivity index (χ3v) is 4.32. The average molecular weight is 348 g/mol. The van der Waals surface area contributed by atoms with Crippen molar-refractivity contribution in [2.45, 2.75) is 19.8 Å². The van der Waals surface area contributed by atoms with Crippen LogP contribution in [0.5, 0.6) is 5.75 Å². The maximum absolute atomic E-state index is 12.0. The minimum absolute atomic E-state index is 0.161. The van der Waals surface area contributed by atoms with E-state index in [-0.39, 0.29) is 12.6 Å². The van der Waals surface area contributed by atoms with Gasteiger partial charge in [-0.15, -0.1) is 11.3 Å². The van der Waals surface area contributed by atoms with Gasteiger partial charge in [-0.25, -0.2) is 4.98 Å². The number of guanidine groups is 1. The normalized spacial score (nSPS) is 10.4. The highest BCUT2D eigenvalue weighted by atomic mass is 32.1. The van der Waals surface area contributed by atoms with Crippen molar-refractivity contribution in [3.05, 3.63) is 34.8 Å².